The number of carbonyl (C=O) groups excluding carboxylic acids is 1. The van der Waals surface area contributed by atoms with Crippen LogP contribution in [0.3, 0.4) is 0 Å². The molecule has 1 aromatic carbocycles. The van der Waals surface area contributed by atoms with E-state index < -0.39 is 5.97 Å². The Kier molecular flexibility index (Phi) is 5.19. The normalized spacial score (nSPS) is 10.6. The minimum absolute atomic E-state index is 0.0119. The summed E-state index contributed by atoms with van der Waals surface area (Å²) >= 11 is 5.68. The molecule has 0 saturated carbocycles. The maximum Gasteiger partial charge on any atom is 0.344 e. The van der Waals surface area contributed by atoms with Crippen LogP contribution in [-0.4, -0.2) is 32.9 Å². The third-order valence-corrected chi connectivity index (χ3v) is 2.87. The highest BCUT2D eigenvalue weighted by molar-refractivity contribution is 6.30. The van der Waals surface area contributed by atoms with Crippen molar-refractivity contribution in [2.45, 2.75) is 0 Å². The third kappa shape index (κ3) is 3.96. The Morgan fingerprint density at radius 3 is 2.90 bits per heavy atom. The van der Waals surface area contributed by atoms with Crippen LogP contribution >= 0.6 is 11.6 Å². The van der Waals surface area contributed by atoms with Crippen molar-refractivity contribution in [3.05, 3.63) is 39.7 Å². The number of methoxy groups -OCH3 is 1. The molecule has 0 fully saturated rings. The number of benzene rings is 1. The maximum absolute atomic E-state index is 11.7. The third-order valence-electron chi connectivity index (χ3n) is 2.61. The van der Waals surface area contributed by atoms with E-state index in [1.165, 1.54) is 19.2 Å². The second-order valence-corrected chi connectivity index (χ2v) is 4.48. The molecule has 0 aliphatic carbocycles. The standard InChI is InChI=1S/C14H13ClO6/c1-18-4-5-19-13(16)8-20-9-2-3-10-12(6-9)21-7-11(15)14(10)17/h2-3,6-7H,4-5,8H2,1H3. The van der Waals surface area contributed by atoms with Crippen LogP contribution in [0.1, 0.15) is 0 Å². The van der Waals surface area contributed by atoms with Gasteiger partial charge in [0.1, 0.15) is 29.2 Å². The van der Waals surface area contributed by atoms with Crippen LogP contribution in [0.2, 0.25) is 5.02 Å². The molecule has 7 heteroatoms. The molecular weight excluding hydrogens is 300 g/mol. The van der Waals surface area contributed by atoms with E-state index in [9.17, 15) is 9.59 Å². The van der Waals surface area contributed by atoms with E-state index in [1.54, 1.807) is 6.07 Å². The van der Waals surface area contributed by atoms with Crippen molar-refractivity contribution in [3.8, 4) is 5.75 Å². The molecule has 0 unspecified atom stereocenters. The molecule has 0 aliphatic heterocycles. The zero-order chi connectivity index (χ0) is 15.2. The Labute approximate surface area is 125 Å². The summed E-state index contributed by atoms with van der Waals surface area (Å²) in [7, 11) is 1.51. The summed E-state index contributed by atoms with van der Waals surface area (Å²) in [5.74, 6) is -0.124. The van der Waals surface area contributed by atoms with Gasteiger partial charge in [0.05, 0.1) is 12.0 Å². The van der Waals surface area contributed by atoms with Crippen molar-refractivity contribution < 1.29 is 23.4 Å². The second-order valence-electron chi connectivity index (χ2n) is 4.07. The summed E-state index contributed by atoms with van der Waals surface area (Å²) in [6.07, 6.45) is 1.16. The molecule has 0 atom stereocenters. The van der Waals surface area contributed by atoms with Gasteiger partial charge in [0, 0.05) is 13.2 Å². The van der Waals surface area contributed by atoms with Gasteiger partial charge >= 0.3 is 5.97 Å². The highest BCUT2D eigenvalue weighted by atomic mass is 35.5. The van der Waals surface area contributed by atoms with E-state index in [0.29, 0.717) is 23.3 Å². The van der Waals surface area contributed by atoms with Gasteiger partial charge in [-0.3, -0.25) is 4.79 Å². The van der Waals surface area contributed by atoms with Crippen LogP contribution in [0.4, 0.5) is 0 Å². The van der Waals surface area contributed by atoms with Gasteiger partial charge in [-0.05, 0) is 12.1 Å². The topological polar surface area (TPSA) is 75.0 Å². The molecule has 0 N–H and O–H groups in total. The van der Waals surface area contributed by atoms with Gasteiger partial charge in [-0.15, -0.1) is 0 Å². The molecule has 0 saturated heterocycles. The summed E-state index contributed by atoms with van der Waals surface area (Å²) < 4.78 is 20.1. The molecular formula is C14H13ClO6. The van der Waals surface area contributed by atoms with E-state index in [2.05, 4.69) is 0 Å². The van der Waals surface area contributed by atoms with Gasteiger partial charge in [0.25, 0.3) is 0 Å². The number of halogens is 1. The predicted octanol–water partition coefficient (Wildman–Crippen LogP) is 2.01. The monoisotopic (exact) mass is 312 g/mol. The van der Waals surface area contributed by atoms with Crippen molar-refractivity contribution >= 4 is 28.5 Å². The molecule has 2 rings (SSSR count). The van der Waals surface area contributed by atoms with Crippen LogP contribution in [0.15, 0.2) is 33.7 Å². The lowest BCUT2D eigenvalue weighted by Crippen LogP contribution is -2.17. The fourth-order valence-electron chi connectivity index (χ4n) is 1.60. The molecule has 0 bridgehead atoms. The number of esters is 1. The smallest absolute Gasteiger partial charge is 0.344 e. The molecule has 6 nitrogen and oxygen atoms in total. The van der Waals surface area contributed by atoms with Crippen molar-refractivity contribution in [3.63, 3.8) is 0 Å². The number of carbonyl (C=O) groups is 1. The Hall–Kier alpha value is -2.05. The summed E-state index contributed by atoms with van der Waals surface area (Å²) in [5.41, 5.74) is 0.0121. The minimum Gasteiger partial charge on any atom is -0.482 e. The van der Waals surface area contributed by atoms with Gasteiger partial charge in [-0.1, -0.05) is 11.6 Å². The van der Waals surface area contributed by atoms with E-state index in [1.807, 2.05) is 0 Å². The minimum atomic E-state index is -0.510. The van der Waals surface area contributed by atoms with Crippen molar-refractivity contribution in [1.82, 2.24) is 0 Å². The lowest BCUT2D eigenvalue weighted by atomic mass is 10.2. The lowest BCUT2D eigenvalue weighted by molar-refractivity contribution is -0.147. The van der Waals surface area contributed by atoms with Gasteiger partial charge in [0.2, 0.25) is 5.43 Å². The highest BCUT2D eigenvalue weighted by Crippen LogP contribution is 2.20. The van der Waals surface area contributed by atoms with Crippen molar-refractivity contribution in [2.24, 2.45) is 0 Å². The summed E-state index contributed by atoms with van der Waals surface area (Å²) in [5, 5.41) is 0.357. The molecule has 0 aliphatic rings. The number of rotatable bonds is 6. The number of hydrogen-bond acceptors (Lipinski definition) is 6. The number of ether oxygens (including phenoxy) is 3. The Balaban J connectivity index is 2.02. The largest absolute Gasteiger partial charge is 0.482 e. The lowest BCUT2D eigenvalue weighted by Gasteiger charge is -2.07. The fraction of sp³-hybridized carbons (Fsp3) is 0.286. The number of fused-ring (bicyclic) bond motifs is 1. The molecule has 0 radical (unpaired) electrons. The molecule has 2 aromatic rings. The van der Waals surface area contributed by atoms with Gasteiger partial charge in [0.15, 0.2) is 6.61 Å². The van der Waals surface area contributed by atoms with Gasteiger partial charge in [-0.2, -0.15) is 0 Å². The molecule has 1 aromatic heterocycles. The predicted molar refractivity (Wildman–Crippen MR) is 75.8 cm³/mol. The first-order valence-corrected chi connectivity index (χ1v) is 6.48. The van der Waals surface area contributed by atoms with Crippen LogP contribution in [0.25, 0.3) is 11.0 Å². The molecule has 21 heavy (non-hydrogen) atoms. The fourth-order valence-corrected chi connectivity index (χ4v) is 1.74. The first-order valence-electron chi connectivity index (χ1n) is 6.10. The van der Waals surface area contributed by atoms with E-state index in [0.717, 1.165) is 6.26 Å². The highest BCUT2D eigenvalue weighted by Gasteiger charge is 2.08. The Bertz CT molecular complexity index is 693. The van der Waals surface area contributed by atoms with Gasteiger partial charge in [-0.25, -0.2) is 4.79 Å². The zero-order valence-corrected chi connectivity index (χ0v) is 12.0. The zero-order valence-electron chi connectivity index (χ0n) is 11.3. The quantitative estimate of drug-likeness (QED) is 0.600. The van der Waals surface area contributed by atoms with E-state index >= 15 is 0 Å². The number of hydrogen-bond donors (Lipinski definition) is 0. The van der Waals surface area contributed by atoms with E-state index in [4.69, 9.17) is 30.2 Å². The SMILES string of the molecule is COCCOC(=O)COc1ccc2c(=O)c(Cl)coc2c1. The Morgan fingerprint density at radius 2 is 2.14 bits per heavy atom. The first-order chi connectivity index (χ1) is 10.1. The van der Waals surface area contributed by atoms with Crippen LogP contribution in [0, 0.1) is 0 Å². The van der Waals surface area contributed by atoms with E-state index in [-0.39, 0.29) is 23.7 Å². The maximum atomic E-state index is 11.7. The van der Waals surface area contributed by atoms with Crippen LogP contribution in [0.5, 0.6) is 5.75 Å². The molecule has 1 heterocycles. The first kappa shape index (κ1) is 15.3. The molecule has 0 spiro atoms. The van der Waals surface area contributed by atoms with Crippen LogP contribution in [-0.2, 0) is 14.3 Å². The van der Waals surface area contributed by atoms with Crippen molar-refractivity contribution in [2.75, 3.05) is 26.9 Å². The molecule has 112 valence electrons. The average Bonchev–Trinajstić information content (AvgIpc) is 2.49. The van der Waals surface area contributed by atoms with Crippen molar-refractivity contribution in [1.29, 1.82) is 0 Å². The summed E-state index contributed by atoms with van der Waals surface area (Å²) in [6, 6.07) is 4.59. The average molecular weight is 313 g/mol. The summed E-state index contributed by atoms with van der Waals surface area (Å²) in [6.45, 7) is 0.254. The Morgan fingerprint density at radius 1 is 1.33 bits per heavy atom. The van der Waals surface area contributed by atoms with Crippen LogP contribution < -0.4 is 10.2 Å². The van der Waals surface area contributed by atoms with Gasteiger partial charge < -0.3 is 18.6 Å². The second kappa shape index (κ2) is 7.10. The summed E-state index contributed by atoms with van der Waals surface area (Å²) in [4.78, 5) is 23.1. The molecule has 0 amide bonds.